The Morgan fingerprint density at radius 2 is 1.65 bits per heavy atom. The summed E-state index contributed by atoms with van der Waals surface area (Å²) >= 11 is 0. The third-order valence-corrected chi connectivity index (χ3v) is 6.38. The van der Waals surface area contributed by atoms with E-state index >= 15 is 0 Å². The Balaban J connectivity index is 0.000000189. The van der Waals surface area contributed by atoms with Gasteiger partial charge in [-0.3, -0.25) is 10.1 Å². The summed E-state index contributed by atoms with van der Waals surface area (Å²) in [6.45, 7) is 1.10. The average molecular weight is 420 g/mol. The van der Waals surface area contributed by atoms with Crippen LogP contribution in [-0.4, -0.2) is 29.8 Å². The number of carbonyl (C=O) groups excluding carboxylic acids is 1. The molecule has 3 aliphatic rings. The molecular formula is C25H29N3O3. The Hall–Kier alpha value is -2.99. The average Bonchev–Trinajstić information content (AvgIpc) is 3.44. The topological polar surface area (TPSA) is 75.4 Å². The number of benzene rings is 2. The van der Waals surface area contributed by atoms with Gasteiger partial charge in [0.1, 0.15) is 0 Å². The van der Waals surface area contributed by atoms with E-state index in [1.54, 1.807) is 0 Å². The summed E-state index contributed by atoms with van der Waals surface area (Å²) in [6.07, 6.45) is 6.85. The number of carbonyl (C=O) groups is 1. The smallest absolute Gasteiger partial charge is 0.237 e. The second-order valence-electron chi connectivity index (χ2n) is 8.46. The molecule has 6 heteroatoms. The molecule has 31 heavy (non-hydrogen) atoms. The summed E-state index contributed by atoms with van der Waals surface area (Å²) < 4.78 is 10.2. The first-order valence-electron chi connectivity index (χ1n) is 11.2. The number of amides is 1. The van der Waals surface area contributed by atoms with E-state index in [4.69, 9.17) is 9.47 Å². The zero-order valence-corrected chi connectivity index (χ0v) is 17.7. The van der Waals surface area contributed by atoms with Crippen molar-refractivity contribution in [2.24, 2.45) is 0 Å². The van der Waals surface area contributed by atoms with Crippen molar-refractivity contribution in [3.63, 3.8) is 0 Å². The summed E-state index contributed by atoms with van der Waals surface area (Å²) in [5, 5.41) is 7.89. The molecule has 0 bridgehead atoms. The minimum Gasteiger partial charge on any atom is -0.454 e. The van der Waals surface area contributed by atoms with Gasteiger partial charge in [-0.1, -0.05) is 49.6 Å². The minimum atomic E-state index is -0.103. The lowest BCUT2D eigenvalue weighted by atomic mass is 9.94. The van der Waals surface area contributed by atoms with Crippen LogP contribution in [0.1, 0.15) is 43.4 Å². The van der Waals surface area contributed by atoms with Crippen LogP contribution in [0.5, 0.6) is 11.5 Å². The molecule has 1 fully saturated rings. The zero-order chi connectivity index (χ0) is 21.0. The van der Waals surface area contributed by atoms with E-state index < -0.39 is 0 Å². The fraction of sp³-hybridized carbons (Fsp3) is 0.400. The Kier molecular flexibility index (Phi) is 5.80. The fourth-order valence-corrected chi connectivity index (χ4v) is 4.72. The van der Waals surface area contributed by atoms with Crippen molar-refractivity contribution in [1.82, 2.24) is 15.6 Å². The number of hydrogen-bond donors (Lipinski definition) is 3. The SMILES string of the molecule is O=C(NC1CCCCC1)[C@@H]1Cc2c([nH]c3ccccc23)CN1.c1ccc2c(c1)OCO2. The van der Waals surface area contributed by atoms with Crippen LogP contribution < -0.4 is 20.1 Å². The molecule has 3 heterocycles. The van der Waals surface area contributed by atoms with Crippen LogP contribution in [0.4, 0.5) is 0 Å². The maximum atomic E-state index is 12.6. The van der Waals surface area contributed by atoms with E-state index in [-0.39, 0.29) is 11.9 Å². The first-order valence-corrected chi connectivity index (χ1v) is 11.2. The molecule has 1 aliphatic carbocycles. The highest BCUT2D eigenvalue weighted by Gasteiger charge is 2.28. The Labute approximate surface area is 182 Å². The van der Waals surface area contributed by atoms with E-state index in [1.807, 2.05) is 30.3 Å². The van der Waals surface area contributed by atoms with E-state index in [9.17, 15) is 4.79 Å². The van der Waals surface area contributed by atoms with Gasteiger partial charge in [-0.2, -0.15) is 0 Å². The monoisotopic (exact) mass is 419 g/mol. The third-order valence-electron chi connectivity index (χ3n) is 6.38. The standard InChI is InChI=1S/C18H23N3O.C7H6O2/c22-18(20-12-6-2-1-3-7-12)16-10-14-13-8-4-5-9-15(13)21-17(14)11-19-16;1-2-4-7-6(3-1)8-5-9-7/h4-5,8-9,12,16,19,21H,1-3,6-7,10-11H2,(H,20,22);1-4H,5H2/t16-;/m0./s1. The zero-order valence-electron chi connectivity index (χ0n) is 17.7. The molecule has 3 aromatic rings. The highest BCUT2D eigenvalue weighted by atomic mass is 16.7. The summed E-state index contributed by atoms with van der Waals surface area (Å²) in [5.74, 6) is 1.86. The van der Waals surface area contributed by atoms with Gasteiger partial charge in [0.15, 0.2) is 11.5 Å². The molecule has 3 N–H and O–H groups in total. The van der Waals surface area contributed by atoms with Gasteiger partial charge in [0.2, 0.25) is 12.7 Å². The molecule has 1 saturated carbocycles. The highest BCUT2D eigenvalue weighted by Crippen LogP contribution is 2.30. The molecule has 1 atom stereocenters. The van der Waals surface area contributed by atoms with Gasteiger partial charge < -0.3 is 19.8 Å². The van der Waals surface area contributed by atoms with E-state index in [2.05, 4.69) is 33.8 Å². The molecule has 1 amide bonds. The van der Waals surface area contributed by atoms with Crippen molar-refractivity contribution in [2.45, 2.75) is 57.2 Å². The Morgan fingerprint density at radius 3 is 2.42 bits per heavy atom. The van der Waals surface area contributed by atoms with Crippen LogP contribution in [0.3, 0.4) is 0 Å². The summed E-state index contributed by atoms with van der Waals surface area (Å²) in [6, 6.07) is 16.3. The van der Waals surface area contributed by atoms with E-state index in [0.717, 1.165) is 37.3 Å². The summed E-state index contributed by atoms with van der Waals surface area (Å²) in [4.78, 5) is 16.0. The van der Waals surface area contributed by atoms with Gasteiger partial charge in [-0.25, -0.2) is 0 Å². The Morgan fingerprint density at radius 1 is 0.935 bits per heavy atom. The fourth-order valence-electron chi connectivity index (χ4n) is 4.72. The van der Waals surface area contributed by atoms with Gasteiger partial charge in [0.05, 0.1) is 6.04 Å². The highest BCUT2D eigenvalue weighted by molar-refractivity contribution is 5.88. The maximum Gasteiger partial charge on any atom is 0.237 e. The van der Waals surface area contributed by atoms with E-state index in [1.165, 1.54) is 41.4 Å². The largest absolute Gasteiger partial charge is 0.454 e. The van der Waals surface area contributed by atoms with Crippen molar-refractivity contribution in [3.8, 4) is 11.5 Å². The number of H-pyrrole nitrogens is 1. The van der Waals surface area contributed by atoms with Crippen molar-refractivity contribution in [2.75, 3.05) is 6.79 Å². The predicted octanol–water partition coefficient (Wildman–Crippen LogP) is 4.05. The van der Waals surface area contributed by atoms with Crippen LogP contribution >= 0.6 is 0 Å². The number of hydrogen-bond acceptors (Lipinski definition) is 4. The number of rotatable bonds is 2. The molecule has 0 saturated heterocycles. The molecule has 162 valence electrons. The lowest BCUT2D eigenvalue weighted by Gasteiger charge is -2.28. The van der Waals surface area contributed by atoms with Gasteiger partial charge in [0, 0.05) is 29.2 Å². The normalized spacial score (nSPS) is 19.9. The lowest BCUT2D eigenvalue weighted by Crippen LogP contribution is -2.50. The predicted molar refractivity (Wildman–Crippen MR) is 120 cm³/mol. The second-order valence-corrected chi connectivity index (χ2v) is 8.46. The van der Waals surface area contributed by atoms with Gasteiger partial charge >= 0.3 is 0 Å². The van der Waals surface area contributed by atoms with Crippen LogP contribution in [-0.2, 0) is 17.8 Å². The Bertz CT molecular complexity index is 1030. The molecule has 6 nitrogen and oxygen atoms in total. The molecule has 0 spiro atoms. The molecule has 2 aliphatic heterocycles. The number of ether oxygens (including phenoxy) is 2. The number of nitrogens with one attached hydrogen (secondary N) is 3. The first kappa shape index (κ1) is 19.9. The van der Waals surface area contributed by atoms with Gasteiger partial charge in [0.25, 0.3) is 0 Å². The van der Waals surface area contributed by atoms with Crippen LogP contribution in [0.25, 0.3) is 10.9 Å². The maximum absolute atomic E-state index is 12.6. The van der Waals surface area contributed by atoms with Gasteiger partial charge in [-0.15, -0.1) is 0 Å². The van der Waals surface area contributed by atoms with Crippen molar-refractivity contribution in [1.29, 1.82) is 0 Å². The molecule has 2 aromatic carbocycles. The van der Waals surface area contributed by atoms with Crippen molar-refractivity contribution < 1.29 is 14.3 Å². The van der Waals surface area contributed by atoms with Gasteiger partial charge in [-0.05, 0) is 43.0 Å². The number of fused-ring (bicyclic) bond motifs is 4. The molecule has 6 rings (SSSR count). The van der Waals surface area contributed by atoms with Crippen LogP contribution in [0, 0.1) is 0 Å². The third kappa shape index (κ3) is 4.39. The quantitative estimate of drug-likeness (QED) is 0.586. The lowest BCUT2D eigenvalue weighted by molar-refractivity contribution is -0.124. The summed E-state index contributed by atoms with van der Waals surface area (Å²) in [5.41, 5.74) is 3.70. The number of aromatic amines is 1. The molecule has 1 aromatic heterocycles. The summed E-state index contributed by atoms with van der Waals surface area (Å²) in [7, 11) is 0. The molecular weight excluding hydrogens is 390 g/mol. The molecule has 0 unspecified atom stereocenters. The number of para-hydroxylation sites is 3. The van der Waals surface area contributed by atoms with Crippen molar-refractivity contribution in [3.05, 3.63) is 59.8 Å². The minimum absolute atomic E-state index is 0.103. The van der Waals surface area contributed by atoms with Crippen LogP contribution in [0.15, 0.2) is 48.5 Å². The van der Waals surface area contributed by atoms with Crippen molar-refractivity contribution >= 4 is 16.8 Å². The van der Waals surface area contributed by atoms with E-state index in [0.29, 0.717) is 12.8 Å². The second kappa shape index (κ2) is 9.02. The first-order chi connectivity index (χ1) is 15.3. The number of aromatic nitrogens is 1. The van der Waals surface area contributed by atoms with Crippen LogP contribution in [0.2, 0.25) is 0 Å². The molecule has 0 radical (unpaired) electrons.